The van der Waals surface area contributed by atoms with Gasteiger partial charge in [-0.05, 0) is 75.7 Å². The summed E-state index contributed by atoms with van der Waals surface area (Å²) in [5.41, 5.74) is 4.19. The number of carbonyl (C=O) groups excluding carboxylic acids is 1. The highest BCUT2D eigenvalue weighted by atomic mass is 79.9. The number of carbonyl (C=O) groups is 1. The highest BCUT2D eigenvalue weighted by Crippen LogP contribution is 2.40. The zero-order chi connectivity index (χ0) is 26.6. The van der Waals surface area contributed by atoms with Crippen molar-refractivity contribution in [1.82, 2.24) is 14.9 Å². The first kappa shape index (κ1) is 25.5. The molecule has 196 valence electrons. The van der Waals surface area contributed by atoms with Crippen molar-refractivity contribution in [3.63, 3.8) is 0 Å². The molecule has 1 aromatic heterocycles. The molecule has 12 heteroatoms. The number of likely N-dealkylation sites (N-methyl/N-ethyl adjacent to an activating group) is 1. The van der Waals surface area contributed by atoms with E-state index in [4.69, 9.17) is 16.6 Å². The Morgan fingerprint density at radius 1 is 1.03 bits per heavy atom. The number of benzene rings is 2. The Kier molecular flexibility index (Phi) is 6.79. The van der Waals surface area contributed by atoms with Gasteiger partial charge in [0.2, 0.25) is 11.9 Å². The maximum absolute atomic E-state index is 13.7. The van der Waals surface area contributed by atoms with Gasteiger partial charge in [-0.3, -0.25) is 14.7 Å². The quantitative estimate of drug-likeness (QED) is 0.407. The third kappa shape index (κ3) is 4.45. The van der Waals surface area contributed by atoms with Crippen LogP contribution in [0, 0.1) is 6.92 Å². The molecular formula is C26H25Br2ClN8O. The summed E-state index contributed by atoms with van der Waals surface area (Å²) in [6.45, 7) is 7.34. The van der Waals surface area contributed by atoms with E-state index in [2.05, 4.69) is 77.0 Å². The van der Waals surface area contributed by atoms with Gasteiger partial charge in [0, 0.05) is 53.6 Å². The van der Waals surface area contributed by atoms with Gasteiger partial charge < -0.3 is 15.1 Å². The Balaban J connectivity index is 1.31. The molecule has 1 amide bonds. The molecule has 3 aromatic rings. The second-order valence-electron chi connectivity index (χ2n) is 9.51. The van der Waals surface area contributed by atoms with E-state index >= 15 is 0 Å². The van der Waals surface area contributed by atoms with E-state index in [0.29, 0.717) is 51.6 Å². The number of anilines is 5. The molecule has 0 bridgehead atoms. The predicted octanol–water partition coefficient (Wildman–Crippen LogP) is 5.30. The maximum Gasteiger partial charge on any atom is 0.270 e. The monoisotopic (exact) mass is 658 g/mol. The van der Waals surface area contributed by atoms with Crippen LogP contribution < -0.4 is 20.0 Å². The molecule has 0 aliphatic carbocycles. The van der Waals surface area contributed by atoms with Crippen LogP contribution >= 0.6 is 43.5 Å². The molecule has 9 nitrogen and oxygen atoms in total. The Bertz CT molecular complexity index is 1430. The predicted molar refractivity (Wildman–Crippen MR) is 160 cm³/mol. The third-order valence-corrected chi connectivity index (χ3v) is 8.52. The number of aryl methyl sites for hydroxylation is 1. The van der Waals surface area contributed by atoms with Crippen molar-refractivity contribution < 1.29 is 4.79 Å². The van der Waals surface area contributed by atoms with Gasteiger partial charge in [0.05, 0.1) is 22.9 Å². The van der Waals surface area contributed by atoms with Gasteiger partial charge in [-0.2, -0.15) is 4.98 Å². The lowest BCUT2D eigenvalue weighted by atomic mass is 10.1. The van der Waals surface area contributed by atoms with Gasteiger partial charge >= 0.3 is 0 Å². The number of halogens is 3. The molecule has 0 atom stereocenters. The van der Waals surface area contributed by atoms with Crippen molar-refractivity contribution in [3.05, 3.63) is 61.6 Å². The summed E-state index contributed by atoms with van der Waals surface area (Å²) in [5, 5.41) is 3.78. The molecule has 1 N–H and O–H groups in total. The van der Waals surface area contributed by atoms with E-state index < -0.39 is 0 Å². The van der Waals surface area contributed by atoms with E-state index in [1.54, 1.807) is 12.3 Å². The molecule has 3 aliphatic heterocycles. The lowest BCUT2D eigenvalue weighted by Crippen LogP contribution is -2.51. The van der Waals surface area contributed by atoms with Gasteiger partial charge in [-0.25, -0.2) is 9.88 Å². The molecule has 0 spiro atoms. The lowest BCUT2D eigenvalue weighted by molar-refractivity contribution is 0.0999. The van der Waals surface area contributed by atoms with Gasteiger partial charge in [-0.1, -0.05) is 17.7 Å². The van der Waals surface area contributed by atoms with Gasteiger partial charge in [0.1, 0.15) is 5.56 Å². The summed E-state index contributed by atoms with van der Waals surface area (Å²) in [7, 11) is 2.16. The standard InChI is InChI=1S/C26H25Br2ClN8O/c1-15-12-16(13-19(28)21(15)35-10-8-34(2)9-11-35)32-25-31-14-17-23(33-25)36-7-6-30-26(36)37(24(17)38)22-18(27)4-3-5-20(22)29/h3-5,12-14H,6-11H2,1-2H3,(H,31,32,33). The highest BCUT2D eigenvalue weighted by molar-refractivity contribution is 9.11. The Labute approximate surface area is 242 Å². The fraction of sp³-hybridized carbons (Fsp3) is 0.308. The summed E-state index contributed by atoms with van der Waals surface area (Å²) in [5.74, 6) is 1.19. The minimum absolute atomic E-state index is 0.271. The molecule has 38 heavy (non-hydrogen) atoms. The van der Waals surface area contributed by atoms with Crippen LogP contribution in [0.3, 0.4) is 0 Å². The summed E-state index contributed by atoms with van der Waals surface area (Å²) in [6.07, 6.45) is 1.57. The minimum atomic E-state index is -0.271. The lowest BCUT2D eigenvalue weighted by Gasteiger charge is -2.36. The SMILES string of the molecule is Cc1cc(Nc2ncc3c(n2)N2CCN=C2N(c2c(Cl)cccc2Br)C3=O)cc(Br)c1N1CCN(C)CC1. The van der Waals surface area contributed by atoms with Crippen molar-refractivity contribution in [1.29, 1.82) is 0 Å². The Morgan fingerprint density at radius 3 is 2.55 bits per heavy atom. The van der Waals surface area contributed by atoms with Gasteiger partial charge in [0.25, 0.3) is 5.91 Å². The van der Waals surface area contributed by atoms with Gasteiger partial charge in [-0.15, -0.1) is 0 Å². The average Bonchev–Trinajstić information content (AvgIpc) is 3.36. The number of para-hydroxylation sites is 1. The number of nitrogens with zero attached hydrogens (tertiary/aromatic N) is 7. The number of hydrogen-bond acceptors (Lipinski definition) is 8. The van der Waals surface area contributed by atoms with E-state index in [1.807, 2.05) is 23.1 Å². The van der Waals surface area contributed by atoms with Crippen LogP contribution in [0.15, 0.2) is 50.5 Å². The van der Waals surface area contributed by atoms with Crippen LogP contribution in [0.4, 0.5) is 28.8 Å². The second kappa shape index (κ2) is 10.1. The van der Waals surface area contributed by atoms with Crippen molar-refractivity contribution >= 4 is 84.2 Å². The molecule has 0 saturated carbocycles. The number of aromatic nitrogens is 2. The second-order valence-corrected chi connectivity index (χ2v) is 11.6. The number of aliphatic imine (C=N–C) groups is 1. The molecule has 6 rings (SSSR count). The van der Waals surface area contributed by atoms with Gasteiger partial charge in [0.15, 0.2) is 5.82 Å². The summed E-state index contributed by atoms with van der Waals surface area (Å²) >= 11 is 13.8. The molecule has 2 aromatic carbocycles. The van der Waals surface area contributed by atoms with Crippen LogP contribution in [-0.4, -0.2) is 73.1 Å². The van der Waals surface area contributed by atoms with E-state index in [9.17, 15) is 4.79 Å². The van der Waals surface area contributed by atoms with Crippen molar-refractivity contribution in [3.8, 4) is 0 Å². The number of piperazine rings is 1. The number of rotatable bonds is 4. The minimum Gasteiger partial charge on any atom is -0.368 e. The molecule has 0 radical (unpaired) electrons. The number of hydrogen-bond donors (Lipinski definition) is 1. The maximum atomic E-state index is 13.7. The Morgan fingerprint density at radius 2 is 1.82 bits per heavy atom. The van der Waals surface area contributed by atoms with Crippen molar-refractivity contribution in [2.75, 3.05) is 66.3 Å². The molecule has 4 heterocycles. The number of amides is 1. The first-order valence-corrected chi connectivity index (χ1v) is 14.3. The molecule has 1 saturated heterocycles. The van der Waals surface area contributed by atoms with E-state index in [1.165, 1.54) is 10.6 Å². The normalized spacial score (nSPS) is 17.4. The fourth-order valence-electron chi connectivity index (χ4n) is 5.10. The fourth-order valence-corrected chi connectivity index (χ4v) is 6.83. The van der Waals surface area contributed by atoms with Crippen molar-refractivity contribution in [2.45, 2.75) is 6.92 Å². The number of fused-ring (bicyclic) bond motifs is 3. The third-order valence-electron chi connectivity index (χ3n) is 6.97. The number of nitrogens with one attached hydrogen (secondary N) is 1. The van der Waals surface area contributed by atoms with Crippen LogP contribution in [-0.2, 0) is 0 Å². The zero-order valence-corrected chi connectivity index (χ0v) is 24.8. The average molecular weight is 661 g/mol. The van der Waals surface area contributed by atoms with Crippen LogP contribution in [0.2, 0.25) is 5.02 Å². The smallest absolute Gasteiger partial charge is 0.270 e. The van der Waals surface area contributed by atoms with E-state index in [-0.39, 0.29) is 5.91 Å². The molecular weight excluding hydrogens is 636 g/mol. The largest absolute Gasteiger partial charge is 0.368 e. The van der Waals surface area contributed by atoms with Crippen LogP contribution in [0.25, 0.3) is 0 Å². The van der Waals surface area contributed by atoms with Crippen molar-refractivity contribution in [2.24, 2.45) is 4.99 Å². The van der Waals surface area contributed by atoms with Crippen LogP contribution in [0.1, 0.15) is 15.9 Å². The molecule has 1 fully saturated rings. The summed E-state index contributed by atoms with van der Waals surface area (Å²) < 4.78 is 1.73. The topological polar surface area (TPSA) is 80.2 Å². The Hall–Kier alpha value is -2.73. The highest BCUT2D eigenvalue weighted by Gasteiger charge is 2.41. The summed E-state index contributed by atoms with van der Waals surface area (Å²) in [6, 6.07) is 9.58. The van der Waals surface area contributed by atoms with E-state index in [0.717, 1.165) is 41.9 Å². The van der Waals surface area contributed by atoms with Crippen LogP contribution in [0.5, 0.6) is 0 Å². The molecule has 3 aliphatic rings. The summed E-state index contributed by atoms with van der Waals surface area (Å²) in [4.78, 5) is 35.8. The first-order valence-electron chi connectivity index (χ1n) is 12.3. The zero-order valence-electron chi connectivity index (χ0n) is 20.9. The first-order chi connectivity index (χ1) is 18.3. The molecule has 0 unspecified atom stereocenters. The number of guanidine groups is 1.